The maximum atomic E-state index is 6.35. The van der Waals surface area contributed by atoms with Crippen molar-refractivity contribution in [3.05, 3.63) is 102 Å². The Morgan fingerprint density at radius 2 is 0.948 bits per heavy atom. The average Bonchev–Trinajstić information content (AvgIpc) is 3.53. The van der Waals surface area contributed by atoms with E-state index < -0.39 is 0 Å². The van der Waals surface area contributed by atoms with Gasteiger partial charge in [-0.05, 0) is 101 Å². The van der Waals surface area contributed by atoms with Gasteiger partial charge in [0.05, 0.1) is 49.2 Å². The SMILES string of the molecule is Cc1cc2c3c(c1)N(c1ccc4c(c1)OCCCO4)c1c(sc4ccc(C(C)(C)C)cc14)B3c1sc3ccc(C(C)(C)C)cc3c1N2c1ccc2c(c1)OCCCO2. The number of nitrogens with zero attached hydrogens (tertiary/aromatic N) is 2. The van der Waals surface area contributed by atoms with E-state index in [4.69, 9.17) is 18.9 Å². The number of hydrogen-bond donors (Lipinski definition) is 0. The fraction of sp³-hybridized carbons (Fsp3) is 0.306. The molecular formula is C49H47BN2O4S2. The van der Waals surface area contributed by atoms with Crippen LogP contribution in [0.5, 0.6) is 23.0 Å². The first-order valence-corrected chi connectivity index (χ1v) is 22.2. The predicted octanol–water partition coefficient (Wildman–Crippen LogP) is 11.4. The van der Waals surface area contributed by atoms with Gasteiger partial charge < -0.3 is 28.7 Å². The molecule has 5 aromatic carbocycles. The van der Waals surface area contributed by atoms with E-state index in [0.29, 0.717) is 26.4 Å². The Morgan fingerprint density at radius 3 is 1.38 bits per heavy atom. The number of aryl methyl sites for hydroxylation is 1. The smallest absolute Gasteiger partial charge is 0.277 e. The number of ether oxygens (including phenoxy) is 4. The van der Waals surface area contributed by atoms with Gasteiger partial charge in [0, 0.05) is 66.1 Å². The molecule has 292 valence electrons. The van der Waals surface area contributed by atoms with Crippen molar-refractivity contribution in [2.75, 3.05) is 36.2 Å². The van der Waals surface area contributed by atoms with E-state index in [1.165, 1.54) is 74.6 Å². The summed E-state index contributed by atoms with van der Waals surface area (Å²) in [5, 5.41) is 2.58. The van der Waals surface area contributed by atoms with E-state index >= 15 is 0 Å². The monoisotopic (exact) mass is 802 g/mol. The Balaban J connectivity index is 1.24. The number of benzene rings is 5. The highest BCUT2D eigenvalue weighted by molar-refractivity contribution is 7.40. The maximum absolute atomic E-state index is 6.35. The summed E-state index contributed by atoms with van der Waals surface area (Å²) in [6, 6.07) is 32.1. The summed E-state index contributed by atoms with van der Waals surface area (Å²) >= 11 is 3.89. The third-order valence-electron chi connectivity index (χ3n) is 12.1. The van der Waals surface area contributed by atoms with Gasteiger partial charge >= 0.3 is 0 Å². The minimum atomic E-state index is -0.00316. The second-order valence-corrected chi connectivity index (χ2v) is 20.4. The van der Waals surface area contributed by atoms with E-state index in [2.05, 4.69) is 143 Å². The normalized spacial score (nSPS) is 15.9. The molecule has 0 aliphatic carbocycles. The largest absolute Gasteiger partial charge is 0.490 e. The Labute approximate surface area is 349 Å². The molecule has 0 saturated heterocycles. The van der Waals surface area contributed by atoms with E-state index in [0.717, 1.165) is 47.2 Å². The molecule has 6 nitrogen and oxygen atoms in total. The van der Waals surface area contributed by atoms with Crippen molar-refractivity contribution in [2.45, 2.75) is 72.1 Å². The van der Waals surface area contributed by atoms with Gasteiger partial charge in [-0.1, -0.05) is 53.7 Å². The summed E-state index contributed by atoms with van der Waals surface area (Å²) in [4.78, 5) is 5.05. The maximum Gasteiger partial charge on any atom is 0.277 e. The van der Waals surface area contributed by atoms with Crippen molar-refractivity contribution in [3.8, 4) is 23.0 Å². The number of hydrogen-bond acceptors (Lipinski definition) is 8. The summed E-state index contributed by atoms with van der Waals surface area (Å²) < 4.78 is 30.4. The number of fused-ring (bicyclic) bond motifs is 10. The van der Waals surface area contributed by atoms with Gasteiger partial charge in [0.25, 0.3) is 6.71 Å². The number of thiophene rings is 2. The molecule has 2 aromatic heterocycles. The molecule has 0 radical (unpaired) electrons. The van der Waals surface area contributed by atoms with Crippen LogP contribution in [0, 0.1) is 6.92 Å². The fourth-order valence-corrected chi connectivity index (χ4v) is 11.8. The van der Waals surface area contributed by atoms with Crippen molar-refractivity contribution in [2.24, 2.45) is 0 Å². The molecule has 0 spiro atoms. The van der Waals surface area contributed by atoms with Crippen LogP contribution < -0.4 is 43.8 Å². The Kier molecular flexibility index (Phi) is 8.03. The van der Waals surface area contributed by atoms with Crippen LogP contribution in [0.3, 0.4) is 0 Å². The first kappa shape index (κ1) is 36.0. The van der Waals surface area contributed by atoms with Crippen LogP contribution in [0.2, 0.25) is 0 Å². The van der Waals surface area contributed by atoms with Crippen LogP contribution in [-0.4, -0.2) is 33.1 Å². The molecule has 9 heteroatoms. The zero-order valence-electron chi connectivity index (χ0n) is 34.2. The molecule has 4 aliphatic rings. The molecule has 0 N–H and O–H groups in total. The highest BCUT2D eigenvalue weighted by atomic mass is 32.1. The zero-order valence-corrected chi connectivity index (χ0v) is 35.9. The summed E-state index contributed by atoms with van der Waals surface area (Å²) in [5.74, 6) is 3.20. The van der Waals surface area contributed by atoms with Crippen LogP contribution in [0.25, 0.3) is 20.2 Å². The second-order valence-electron chi connectivity index (χ2n) is 18.2. The van der Waals surface area contributed by atoms with Crippen LogP contribution >= 0.6 is 22.7 Å². The molecule has 0 unspecified atom stereocenters. The van der Waals surface area contributed by atoms with E-state index in [1.54, 1.807) is 0 Å². The summed E-state index contributed by atoms with van der Waals surface area (Å²) in [7, 11) is 0. The molecule has 0 amide bonds. The Bertz CT molecular complexity index is 2640. The van der Waals surface area contributed by atoms with E-state index in [9.17, 15) is 0 Å². The minimum absolute atomic E-state index is 0.00316. The first-order chi connectivity index (χ1) is 27.9. The van der Waals surface area contributed by atoms with Crippen molar-refractivity contribution < 1.29 is 18.9 Å². The lowest BCUT2D eigenvalue weighted by Crippen LogP contribution is -2.59. The first-order valence-electron chi connectivity index (χ1n) is 20.6. The predicted molar refractivity (Wildman–Crippen MR) is 245 cm³/mol. The zero-order chi connectivity index (χ0) is 39.7. The molecule has 0 atom stereocenters. The highest BCUT2D eigenvalue weighted by Crippen LogP contribution is 2.52. The highest BCUT2D eigenvalue weighted by Gasteiger charge is 2.47. The molecular weight excluding hydrogens is 755 g/mol. The lowest BCUT2D eigenvalue weighted by atomic mass is 9.39. The molecule has 11 rings (SSSR count). The van der Waals surface area contributed by atoms with Gasteiger partial charge in [0.15, 0.2) is 23.0 Å². The molecule has 0 fully saturated rings. The molecule has 0 saturated carbocycles. The van der Waals surface area contributed by atoms with Gasteiger partial charge in [0.1, 0.15) is 0 Å². The van der Waals surface area contributed by atoms with Crippen LogP contribution in [0.4, 0.5) is 34.1 Å². The van der Waals surface area contributed by atoms with Gasteiger partial charge in [-0.15, -0.1) is 22.7 Å². The molecule has 4 aliphatic heterocycles. The van der Waals surface area contributed by atoms with Gasteiger partial charge in [-0.2, -0.15) is 0 Å². The van der Waals surface area contributed by atoms with E-state index in [-0.39, 0.29) is 17.5 Å². The molecule has 7 aromatic rings. The third kappa shape index (κ3) is 5.56. The quantitative estimate of drug-likeness (QED) is 0.162. The summed E-state index contributed by atoms with van der Waals surface area (Å²) in [5.41, 5.74) is 12.2. The average molecular weight is 803 g/mol. The van der Waals surface area contributed by atoms with Gasteiger partial charge in [0.2, 0.25) is 0 Å². The Morgan fingerprint density at radius 1 is 0.517 bits per heavy atom. The topological polar surface area (TPSA) is 43.4 Å². The number of anilines is 6. The van der Waals surface area contributed by atoms with Crippen LogP contribution in [0.15, 0.2) is 84.9 Å². The van der Waals surface area contributed by atoms with Crippen LogP contribution in [-0.2, 0) is 10.8 Å². The van der Waals surface area contributed by atoms with Crippen molar-refractivity contribution >= 4 is 98.7 Å². The molecule has 0 bridgehead atoms. The van der Waals surface area contributed by atoms with Crippen molar-refractivity contribution in [1.29, 1.82) is 0 Å². The lowest BCUT2D eigenvalue weighted by Gasteiger charge is -2.42. The van der Waals surface area contributed by atoms with Gasteiger partial charge in [-0.3, -0.25) is 0 Å². The van der Waals surface area contributed by atoms with Gasteiger partial charge in [-0.25, -0.2) is 0 Å². The third-order valence-corrected chi connectivity index (χ3v) is 14.6. The summed E-state index contributed by atoms with van der Waals surface area (Å²) in [6.45, 7) is 18.7. The molecule has 6 heterocycles. The second kappa shape index (κ2) is 12.9. The number of rotatable bonds is 2. The van der Waals surface area contributed by atoms with Crippen LogP contribution in [0.1, 0.15) is 71.1 Å². The standard InChI is InChI=1S/C49H47BN2O4S2/c1-28-22-35-43-36(23-28)52(32-13-15-38-40(27-32)56-21-9-19-54-38)45-34-25-30(49(5,6)7)11-17-42(34)58-47(45)50(43)46-44(33-24-29(48(2,3)4)10-16-41(33)57-46)51(35)31-12-14-37-39(26-31)55-20-8-18-53-37/h10-17,22-27H,8-9,18-21H2,1-7H3. The fourth-order valence-electron chi connectivity index (χ4n) is 9.16. The lowest BCUT2D eigenvalue weighted by molar-refractivity contribution is 0.296. The van der Waals surface area contributed by atoms with E-state index in [1.807, 2.05) is 22.7 Å². The van der Waals surface area contributed by atoms with Crippen molar-refractivity contribution in [1.82, 2.24) is 0 Å². The minimum Gasteiger partial charge on any atom is -0.490 e. The molecule has 58 heavy (non-hydrogen) atoms. The summed E-state index contributed by atoms with van der Waals surface area (Å²) in [6.07, 6.45) is 1.72. The Hall–Kier alpha value is -5.12. The van der Waals surface area contributed by atoms with Crippen molar-refractivity contribution in [3.63, 3.8) is 0 Å².